The van der Waals surface area contributed by atoms with Crippen LogP contribution in [0.3, 0.4) is 0 Å². The van der Waals surface area contributed by atoms with E-state index >= 15 is 0 Å². The number of aliphatic hydroxyl groups is 1. The van der Waals surface area contributed by atoms with Crippen LogP contribution in [-0.2, 0) is 12.1 Å². The lowest BCUT2D eigenvalue weighted by atomic mass is 9.84. The van der Waals surface area contributed by atoms with Crippen molar-refractivity contribution in [3.05, 3.63) is 71.5 Å². The van der Waals surface area contributed by atoms with Gasteiger partial charge in [-0.1, -0.05) is 36.4 Å². The highest BCUT2D eigenvalue weighted by molar-refractivity contribution is 5.81. The van der Waals surface area contributed by atoms with Gasteiger partial charge in [0.2, 0.25) is 0 Å². The number of aromatic nitrogens is 1. The summed E-state index contributed by atoms with van der Waals surface area (Å²) in [5.74, 6) is 0.640. The maximum Gasteiger partial charge on any atom is 0.133 e. The van der Waals surface area contributed by atoms with Crippen LogP contribution in [0.15, 0.2) is 54.6 Å². The van der Waals surface area contributed by atoms with E-state index in [0.717, 1.165) is 23.3 Å². The molecule has 0 spiro atoms. The van der Waals surface area contributed by atoms with Crippen molar-refractivity contribution in [2.24, 2.45) is 0 Å². The molecule has 1 aliphatic heterocycles. The Morgan fingerprint density at radius 1 is 1.07 bits per heavy atom. The van der Waals surface area contributed by atoms with Crippen LogP contribution in [0.4, 0.5) is 10.2 Å². The van der Waals surface area contributed by atoms with E-state index in [1.165, 1.54) is 11.6 Å². The molecule has 2 heterocycles. The summed E-state index contributed by atoms with van der Waals surface area (Å²) in [6.45, 7) is 2.19. The molecule has 0 unspecified atom stereocenters. The summed E-state index contributed by atoms with van der Waals surface area (Å²) in [5, 5.41) is 12.1. The molecule has 2 aromatic carbocycles. The Morgan fingerprint density at radius 3 is 2.46 bits per heavy atom. The third-order valence-corrected chi connectivity index (χ3v) is 5.66. The first kappa shape index (κ1) is 18.8. The fourth-order valence-corrected chi connectivity index (χ4v) is 4.08. The molecule has 28 heavy (non-hydrogen) atoms. The lowest BCUT2D eigenvalue weighted by Gasteiger charge is -2.39. The highest BCUT2D eigenvalue weighted by Gasteiger charge is 2.36. The number of para-hydroxylation sites is 1. The molecule has 1 saturated heterocycles. The maximum absolute atomic E-state index is 14.2. The molecule has 0 aliphatic carbocycles. The average Bonchev–Trinajstić information content (AvgIpc) is 2.69. The Kier molecular flexibility index (Phi) is 5.04. The molecule has 0 radical (unpaired) electrons. The summed E-state index contributed by atoms with van der Waals surface area (Å²) in [6.07, 6.45) is 1.04. The molecule has 4 rings (SSSR count). The number of rotatable bonds is 4. The second-order valence-corrected chi connectivity index (χ2v) is 7.85. The van der Waals surface area contributed by atoms with Crippen molar-refractivity contribution in [2.45, 2.75) is 25.0 Å². The smallest absolute Gasteiger partial charge is 0.133 e. The van der Waals surface area contributed by atoms with Gasteiger partial charge in [0.1, 0.15) is 11.6 Å². The first-order chi connectivity index (χ1) is 13.5. The number of benzene rings is 2. The van der Waals surface area contributed by atoms with Gasteiger partial charge in [0.05, 0.1) is 11.1 Å². The summed E-state index contributed by atoms with van der Waals surface area (Å²) in [4.78, 5) is 9.18. The summed E-state index contributed by atoms with van der Waals surface area (Å²) in [5.41, 5.74) is 1.48. The van der Waals surface area contributed by atoms with E-state index in [0.29, 0.717) is 31.5 Å². The highest BCUT2D eigenvalue weighted by atomic mass is 19.1. The van der Waals surface area contributed by atoms with Crippen LogP contribution in [0, 0.1) is 5.82 Å². The molecule has 146 valence electrons. The quantitative estimate of drug-likeness (QED) is 0.746. The molecule has 0 bridgehead atoms. The number of likely N-dealkylation sites (tertiary alicyclic amines) is 1. The van der Waals surface area contributed by atoms with Crippen LogP contribution in [0.25, 0.3) is 10.9 Å². The number of pyridine rings is 1. The molecule has 1 aromatic heterocycles. The second kappa shape index (κ2) is 7.49. The van der Waals surface area contributed by atoms with Gasteiger partial charge in [-0.25, -0.2) is 9.37 Å². The number of hydrogen-bond donors (Lipinski definition) is 1. The number of nitrogens with zero attached hydrogens (tertiary/aromatic N) is 3. The molecule has 0 atom stereocenters. The zero-order chi connectivity index (χ0) is 19.7. The summed E-state index contributed by atoms with van der Waals surface area (Å²) >= 11 is 0. The lowest BCUT2D eigenvalue weighted by molar-refractivity contribution is -0.0302. The van der Waals surface area contributed by atoms with E-state index in [9.17, 15) is 9.50 Å². The van der Waals surface area contributed by atoms with E-state index in [1.807, 2.05) is 37.2 Å². The molecule has 0 saturated carbocycles. The maximum atomic E-state index is 14.2. The molecule has 3 aromatic rings. The Hall–Kier alpha value is -2.50. The first-order valence-corrected chi connectivity index (χ1v) is 9.72. The standard InChI is InChI=1S/C23H26FN3O/c1-26(2)22-18(15-17-7-3-6-10-21(17)25-22)16-27-13-11-23(28,12-14-27)19-8-4-5-9-20(19)24/h3-10,15,28H,11-14,16H2,1-2H3. The summed E-state index contributed by atoms with van der Waals surface area (Å²) < 4.78 is 14.2. The monoisotopic (exact) mass is 379 g/mol. The van der Waals surface area contributed by atoms with Crippen molar-refractivity contribution in [3.63, 3.8) is 0 Å². The predicted octanol–water partition coefficient (Wildman–Crippen LogP) is 3.92. The number of anilines is 1. The number of halogens is 1. The topological polar surface area (TPSA) is 39.6 Å². The Morgan fingerprint density at radius 2 is 1.75 bits per heavy atom. The SMILES string of the molecule is CN(C)c1nc2ccccc2cc1CN1CCC(O)(c2ccccc2F)CC1. The molecule has 1 N–H and O–H groups in total. The third kappa shape index (κ3) is 3.60. The van der Waals surface area contributed by atoms with Crippen molar-refractivity contribution in [3.8, 4) is 0 Å². The minimum Gasteiger partial charge on any atom is -0.385 e. The largest absolute Gasteiger partial charge is 0.385 e. The molecular formula is C23H26FN3O. The minimum absolute atomic E-state index is 0.327. The highest BCUT2D eigenvalue weighted by Crippen LogP contribution is 2.35. The Bertz CT molecular complexity index is 980. The fourth-order valence-electron chi connectivity index (χ4n) is 4.08. The van der Waals surface area contributed by atoms with Crippen LogP contribution in [0.1, 0.15) is 24.0 Å². The average molecular weight is 379 g/mol. The van der Waals surface area contributed by atoms with E-state index in [1.54, 1.807) is 18.2 Å². The van der Waals surface area contributed by atoms with Gasteiger partial charge >= 0.3 is 0 Å². The molecule has 1 fully saturated rings. The molecular weight excluding hydrogens is 353 g/mol. The molecule has 4 nitrogen and oxygen atoms in total. The van der Waals surface area contributed by atoms with Gasteiger partial charge in [-0.15, -0.1) is 0 Å². The minimum atomic E-state index is -1.09. The number of fused-ring (bicyclic) bond motifs is 1. The molecule has 1 aliphatic rings. The van der Waals surface area contributed by atoms with Crippen LogP contribution in [-0.4, -0.2) is 42.2 Å². The van der Waals surface area contributed by atoms with Crippen LogP contribution in [0.2, 0.25) is 0 Å². The first-order valence-electron chi connectivity index (χ1n) is 9.72. The molecule has 0 amide bonds. The van der Waals surface area contributed by atoms with Crippen molar-refractivity contribution in [1.29, 1.82) is 0 Å². The zero-order valence-corrected chi connectivity index (χ0v) is 16.4. The normalized spacial score (nSPS) is 17.0. The van der Waals surface area contributed by atoms with Gasteiger partial charge in [-0.05, 0) is 31.0 Å². The van der Waals surface area contributed by atoms with Crippen molar-refractivity contribution >= 4 is 16.7 Å². The van der Waals surface area contributed by atoms with Crippen LogP contribution in [0.5, 0.6) is 0 Å². The second-order valence-electron chi connectivity index (χ2n) is 7.85. The van der Waals surface area contributed by atoms with Gasteiger partial charge in [-0.2, -0.15) is 0 Å². The van der Waals surface area contributed by atoms with E-state index in [2.05, 4.69) is 17.0 Å². The predicted molar refractivity (Wildman–Crippen MR) is 111 cm³/mol. The summed E-state index contributed by atoms with van der Waals surface area (Å²) in [7, 11) is 4.02. The number of piperidine rings is 1. The van der Waals surface area contributed by atoms with Crippen LogP contribution >= 0.6 is 0 Å². The lowest BCUT2D eigenvalue weighted by Crippen LogP contribution is -2.42. The van der Waals surface area contributed by atoms with Crippen molar-refractivity contribution < 1.29 is 9.50 Å². The zero-order valence-electron chi connectivity index (χ0n) is 16.4. The van der Waals surface area contributed by atoms with Gasteiger partial charge in [-0.3, -0.25) is 4.90 Å². The van der Waals surface area contributed by atoms with Gasteiger partial charge in [0.25, 0.3) is 0 Å². The van der Waals surface area contributed by atoms with Gasteiger partial charge < -0.3 is 10.0 Å². The van der Waals surface area contributed by atoms with E-state index < -0.39 is 5.60 Å². The Labute approximate surface area is 165 Å². The summed E-state index contributed by atoms with van der Waals surface area (Å²) in [6, 6.07) is 16.9. The van der Waals surface area contributed by atoms with Crippen LogP contribution < -0.4 is 4.90 Å². The fraction of sp³-hybridized carbons (Fsp3) is 0.348. The van der Waals surface area contributed by atoms with Gasteiger partial charge in [0, 0.05) is 50.2 Å². The van der Waals surface area contributed by atoms with Crippen molar-refractivity contribution in [2.75, 3.05) is 32.1 Å². The van der Waals surface area contributed by atoms with Crippen molar-refractivity contribution in [1.82, 2.24) is 9.88 Å². The van der Waals surface area contributed by atoms with E-state index in [4.69, 9.17) is 4.98 Å². The third-order valence-electron chi connectivity index (χ3n) is 5.66. The Balaban J connectivity index is 1.54. The number of hydrogen-bond acceptors (Lipinski definition) is 4. The van der Waals surface area contributed by atoms with E-state index in [-0.39, 0.29) is 5.82 Å². The molecule has 5 heteroatoms. The van der Waals surface area contributed by atoms with Gasteiger partial charge in [0.15, 0.2) is 0 Å².